The Morgan fingerprint density at radius 2 is 1.56 bits per heavy atom. The minimum atomic E-state index is -3.61. The highest BCUT2D eigenvalue weighted by Gasteiger charge is 2.19. The molecule has 3 rings (SSSR count). The van der Waals surface area contributed by atoms with Crippen LogP contribution >= 0.6 is 46.4 Å². The maximum atomic E-state index is 12.1. The highest BCUT2D eigenvalue weighted by Crippen LogP contribution is 2.29. The summed E-state index contributed by atoms with van der Waals surface area (Å²) in [6.45, 7) is 0.394. The number of rotatable bonds is 5. The van der Waals surface area contributed by atoms with Gasteiger partial charge in [-0.25, -0.2) is 18.4 Å². The molecule has 5 nitrogen and oxygen atoms in total. The zero-order valence-corrected chi connectivity index (χ0v) is 17.8. The van der Waals surface area contributed by atoms with Crippen molar-refractivity contribution < 1.29 is 8.42 Å². The summed E-state index contributed by atoms with van der Waals surface area (Å²) in [4.78, 5) is 8.56. The summed E-state index contributed by atoms with van der Waals surface area (Å²) >= 11 is 24.1. The van der Waals surface area contributed by atoms with Crippen LogP contribution in [0, 0.1) is 0 Å². The van der Waals surface area contributed by atoms with E-state index in [2.05, 4.69) is 15.3 Å². The third-order valence-corrected chi connectivity index (χ3v) is 6.02. The number of halogens is 4. The number of fused-ring (bicyclic) bond motifs is 1. The molecule has 0 saturated carbocycles. The number of benzene rings is 2. The van der Waals surface area contributed by atoms with Crippen LogP contribution in [0.2, 0.25) is 20.1 Å². The fourth-order valence-electron chi connectivity index (χ4n) is 2.45. The van der Waals surface area contributed by atoms with E-state index in [4.69, 9.17) is 46.4 Å². The average molecular weight is 465 g/mol. The molecule has 0 amide bonds. The molecule has 27 heavy (non-hydrogen) atoms. The number of hydrogen-bond acceptors (Lipinski definition) is 5. The van der Waals surface area contributed by atoms with Crippen LogP contribution in [0.3, 0.4) is 0 Å². The second-order valence-corrected chi connectivity index (χ2v) is 9.41. The molecular formula is C17H13Cl4N3O2S. The Morgan fingerprint density at radius 1 is 0.926 bits per heavy atom. The first-order valence-electron chi connectivity index (χ1n) is 7.70. The van der Waals surface area contributed by atoms with Gasteiger partial charge in [-0.05, 0) is 36.2 Å². The second kappa shape index (κ2) is 7.97. The van der Waals surface area contributed by atoms with Crippen LogP contribution in [0.1, 0.15) is 5.56 Å². The first-order valence-corrected chi connectivity index (χ1v) is 11.1. The van der Waals surface area contributed by atoms with Crippen molar-refractivity contribution in [2.24, 2.45) is 0 Å². The van der Waals surface area contributed by atoms with E-state index in [1.807, 2.05) is 6.07 Å². The van der Waals surface area contributed by atoms with Gasteiger partial charge in [0, 0.05) is 22.8 Å². The predicted octanol–water partition coefficient (Wildman–Crippen LogP) is 5.30. The Labute approximate surface area is 176 Å². The van der Waals surface area contributed by atoms with Gasteiger partial charge in [-0.2, -0.15) is 0 Å². The number of nitrogens with one attached hydrogen (secondary N) is 1. The zero-order chi connectivity index (χ0) is 19.8. The summed E-state index contributed by atoms with van der Waals surface area (Å²) in [6, 6.07) is 8.24. The number of hydrogen-bond donors (Lipinski definition) is 1. The molecule has 1 aromatic heterocycles. The molecule has 142 valence electrons. The molecular weight excluding hydrogens is 452 g/mol. The Morgan fingerprint density at radius 3 is 2.15 bits per heavy atom. The molecule has 0 aliphatic rings. The van der Waals surface area contributed by atoms with Crippen LogP contribution < -0.4 is 5.32 Å². The van der Waals surface area contributed by atoms with Gasteiger partial charge < -0.3 is 5.32 Å². The number of sulfone groups is 1. The summed E-state index contributed by atoms with van der Waals surface area (Å²) in [5, 5.41) is 4.53. The fraction of sp³-hybridized carbons (Fsp3) is 0.176. The van der Waals surface area contributed by atoms with Crippen LogP contribution in [0.4, 0.5) is 5.82 Å². The van der Waals surface area contributed by atoms with Crippen LogP contribution in [0.25, 0.3) is 11.0 Å². The van der Waals surface area contributed by atoms with Gasteiger partial charge in [-0.1, -0.05) is 52.5 Å². The zero-order valence-electron chi connectivity index (χ0n) is 13.9. The minimum absolute atomic E-state index is 0.147. The van der Waals surface area contributed by atoms with Crippen molar-refractivity contribution in [2.75, 3.05) is 18.1 Å². The lowest BCUT2D eigenvalue weighted by Gasteiger charge is -2.12. The van der Waals surface area contributed by atoms with Crippen molar-refractivity contribution in [1.29, 1.82) is 0 Å². The van der Waals surface area contributed by atoms with Gasteiger partial charge in [0.2, 0.25) is 0 Å². The molecule has 3 aromatic rings. The molecule has 1 N–H and O–H groups in total. The smallest absolute Gasteiger partial charge is 0.198 e. The summed E-state index contributed by atoms with van der Waals surface area (Å²) < 4.78 is 24.3. The second-order valence-electron chi connectivity index (χ2n) is 5.82. The van der Waals surface area contributed by atoms with Gasteiger partial charge in [0.25, 0.3) is 0 Å². The lowest BCUT2D eigenvalue weighted by Crippen LogP contribution is -2.13. The van der Waals surface area contributed by atoms with Crippen molar-refractivity contribution in [2.45, 2.75) is 11.4 Å². The van der Waals surface area contributed by atoms with E-state index in [0.29, 0.717) is 39.1 Å². The summed E-state index contributed by atoms with van der Waals surface area (Å²) in [7, 11) is -3.61. The SMILES string of the molecule is CS(=O)(=O)c1nc2cc(Cl)c(Cl)cc2nc1NCCc1ccc(Cl)cc1Cl. The van der Waals surface area contributed by atoms with Crippen LogP contribution in [-0.2, 0) is 16.3 Å². The van der Waals surface area contributed by atoms with Crippen molar-refractivity contribution in [3.63, 3.8) is 0 Å². The van der Waals surface area contributed by atoms with Gasteiger partial charge >= 0.3 is 0 Å². The van der Waals surface area contributed by atoms with E-state index in [-0.39, 0.29) is 15.9 Å². The highest BCUT2D eigenvalue weighted by atomic mass is 35.5. The Balaban J connectivity index is 1.93. The van der Waals surface area contributed by atoms with Gasteiger partial charge in [-0.3, -0.25) is 0 Å². The van der Waals surface area contributed by atoms with Gasteiger partial charge in [0.1, 0.15) is 0 Å². The van der Waals surface area contributed by atoms with Crippen molar-refractivity contribution in [3.05, 3.63) is 56.0 Å². The summed E-state index contributed by atoms with van der Waals surface area (Å²) in [5.74, 6) is 0.147. The molecule has 10 heteroatoms. The first kappa shape index (κ1) is 20.4. The minimum Gasteiger partial charge on any atom is -0.367 e. The predicted molar refractivity (Wildman–Crippen MR) is 111 cm³/mol. The van der Waals surface area contributed by atoms with Crippen LogP contribution in [0.5, 0.6) is 0 Å². The van der Waals surface area contributed by atoms with Gasteiger partial charge in [0.05, 0.1) is 21.1 Å². The van der Waals surface area contributed by atoms with Crippen molar-refractivity contribution in [3.8, 4) is 0 Å². The van der Waals surface area contributed by atoms with Crippen LogP contribution in [0.15, 0.2) is 35.4 Å². The van der Waals surface area contributed by atoms with E-state index < -0.39 is 9.84 Å². The van der Waals surface area contributed by atoms with E-state index in [9.17, 15) is 8.42 Å². The Hall–Kier alpha value is -1.31. The molecule has 0 aliphatic carbocycles. The molecule has 0 bridgehead atoms. The highest BCUT2D eigenvalue weighted by molar-refractivity contribution is 7.90. The van der Waals surface area contributed by atoms with E-state index in [1.54, 1.807) is 18.2 Å². The third-order valence-electron chi connectivity index (χ3n) is 3.73. The van der Waals surface area contributed by atoms with Gasteiger partial charge in [0.15, 0.2) is 20.7 Å². The molecule has 0 spiro atoms. The van der Waals surface area contributed by atoms with Gasteiger partial charge in [-0.15, -0.1) is 0 Å². The molecule has 0 saturated heterocycles. The van der Waals surface area contributed by atoms with Crippen molar-refractivity contribution >= 4 is 73.1 Å². The van der Waals surface area contributed by atoms with Crippen LogP contribution in [-0.4, -0.2) is 31.2 Å². The monoisotopic (exact) mass is 463 g/mol. The van der Waals surface area contributed by atoms with E-state index >= 15 is 0 Å². The maximum absolute atomic E-state index is 12.1. The van der Waals surface area contributed by atoms with E-state index in [1.165, 1.54) is 6.07 Å². The molecule has 0 aliphatic heterocycles. The first-order chi connectivity index (χ1) is 12.6. The maximum Gasteiger partial charge on any atom is 0.198 e. The molecule has 2 aromatic carbocycles. The van der Waals surface area contributed by atoms with Crippen molar-refractivity contribution in [1.82, 2.24) is 9.97 Å². The normalized spacial score (nSPS) is 11.7. The third kappa shape index (κ3) is 4.76. The number of anilines is 1. The largest absolute Gasteiger partial charge is 0.367 e. The molecule has 0 unspecified atom stereocenters. The number of nitrogens with zero attached hydrogens (tertiary/aromatic N) is 2. The lowest BCUT2D eigenvalue weighted by molar-refractivity contribution is 0.598. The Kier molecular flexibility index (Phi) is 6.03. The average Bonchev–Trinajstić information content (AvgIpc) is 2.56. The summed E-state index contributed by atoms with van der Waals surface area (Å²) in [6.07, 6.45) is 1.61. The molecule has 0 atom stereocenters. The van der Waals surface area contributed by atoms with E-state index in [0.717, 1.165) is 11.8 Å². The fourth-order valence-corrected chi connectivity index (χ4v) is 4.00. The number of aromatic nitrogens is 2. The lowest BCUT2D eigenvalue weighted by atomic mass is 10.1. The molecule has 0 radical (unpaired) electrons. The topological polar surface area (TPSA) is 72.0 Å². The molecule has 0 fully saturated rings. The molecule has 1 heterocycles. The quantitative estimate of drug-likeness (QED) is 0.554. The summed E-state index contributed by atoms with van der Waals surface area (Å²) in [5.41, 5.74) is 1.65. The Bertz CT molecular complexity index is 1140. The standard InChI is InChI=1S/C17H13Cl4N3O2S/c1-27(25,26)17-16(22-5-4-9-2-3-10(18)6-11(9)19)23-14-7-12(20)13(21)8-15(14)24-17/h2-3,6-8H,4-5H2,1H3,(H,22,23).